The van der Waals surface area contributed by atoms with Gasteiger partial charge in [-0.2, -0.15) is 0 Å². The molecular formula is C19H26ClNO. The molecule has 120 valence electrons. The largest absolute Gasteiger partial charge is 0.330 e. The van der Waals surface area contributed by atoms with E-state index in [-0.39, 0.29) is 11.3 Å². The van der Waals surface area contributed by atoms with Gasteiger partial charge in [0.1, 0.15) is 0 Å². The van der Waals surface area contributed by atoms with E-state index in [0.717, 1.165) is 30.6 Å². The molecule has 0 aromatic heterocycles. The fourth-order valence-corrected chi connectivity index (χ4v) is 6.58. The highest BCUT2D eigenvalue weighted by Gasteiger charge is 2.57. The molecule has 22 heavy (non-hydrogen) atoms. The minimum absolute atomic E-state index is 0.186. The maximum atomic E-state index is 11.8. The van der Waals surface area contributed by atoms with Crippen molar-refractivity contribution in [3.8, 4) is 0 Å². The van der Waals surface area contributed by atoms with Gasteiger partial charge < -0.3 is 5.32 Å². The van der Waals surface area contributed by atoms with Gasteiger partial charge in [0, 0.05) is 23.1 Å². The fraction of sp³-hybridized carbons (Fsp3) is 0.737. The number of fused-ring (bicyclic) bond motifs is 5. The lowest BCUT2D eigenvalue weighted by atomic mass is 9.50. The first-order valence-corrected chi connectivity index (χ1v) is 9.23. The van der Waals surface area contributed by atoms with Gasteiger partial charge in [0.25, 0.3) is 0 Å². The van der Waals surface area contributed by atoms with E-state index in [1.165, 1.54) is 37.0 Å². The number of carbonyl (C=O) groups excluding carboxylic acids is 1. The molecule has 1 amide bonds. The highest BCUT2D eigenvalue weighted by atomic mass is 35.5. The van der Waals surface area contributed by atoms with Crippen molar-refractivity contribution < 1.29 is 4.79 Å². The van der Waals surface area contributed by atoms with Crippen LogP contribution >= 0.6 is 11.6 Å². The molecule has 0 unspecified atom stereocenters. The predicted octanol–water partition coefficient (Wildman–Crippen LogP) is 4.76. The van der Waals surface area contributed by atoms with Crippen LogP contribution in [0.3, 0.4) is 0 Å². The molecular weight excluding hydrogens is 294 g/mol. The van der Waals surface area contributed by atoms with Crippen LogP contribution in [0.15, 0.2) is 22.9 Å². The van der Waals surface area contributed by atoms with Crippen LogP contribution in [0.5, 0.6) is 0 Å². The van der Waals surface area contributed by atoms with Crippen LogP contribution in [0, 0.1) is 28.6 Å². The van der Waals surface area contributed by atoms with Gasteiger partial charge in [-0.25, -0.2) is 0 Å². The summed E-state index contributed by atoms with van der Waals surface area (Å²) in [5, 5.41) is 3.17. The maximum absolute atomic E-state index is 11.8. The molecule has 1 aliphatic heterocycles. The third-order valence-electron chi connectivity index (χ3n) is 7.59. The quantitative estimate of drug-likeness (QED) is 0.685. The summed E-state index contributed by atoms with van der Waals surface area (Å²) in [5.74, 6) is 2.46. The summed E-state index contributed by atoms with van der Waals surface area (Å²) >= 11 is 6.13. The summed E-state index contributed by atoms with van der Waals surface area (Å²) in [6, 6.07) is 0. The molecule has 3 aliphatic carbocycles. The molecule has 2 saturated carbocycles. The molecule has 0 bridgehead atoms. The second kappa shape index (κ2) is 4.87. The Bertz CT molecular complexity index is 580. The van der Waals surface area contributed by atoms with Crippen LogP contribution in [-0.4, -0.2) is 5.91 Å². The molecule has 0 spiro atoms. The van der Waals surface area contributed by atoms with Crippen molar-refractivity contribution in [3.63, 3.8) is 0 Å². The number of hydrogen-bond donors (Lipinski definition) is 1. The Kier molecular flexibility index (Phi) is 3.28. The summed E-state index contributed by atoms with van der Waals surface area (Å²) in [6.45, 7) is 4.84. The van der Waals surface area contributed by atoms with Crippen LogP contribution in [-0.2, 0) is 4.79 Å². The van der Waals surface area contributed by atoms with Gasteiger partial charge >= 0.3 is 0 Å². The van der Waals surface area contributed by atoms with Crippen molar-refractivity contribution in [3.05, 3.63) is 22.9 Å². The number of nitrogens with one attached hydrogen (secondary N) is 1. The third kappa shape index (κ3) is 1.82. The molecule has 1 heterocycles. The van der Waals surface area contributed by atoms with Gasteiger partial charge in [0.05, 0.1) is 0 Å². The molecule has 3 fully saturated rings. The average molecular weight is 320 g/mol. The second-order valence-corrected chi connectivity index (χ2v) is 8.54. The number of halogens is 1. The molecule has 1 N–H and O–H groups in total. The van der Waals surface area contributed by atoms with Gasteiger partial charge in [-0.1, -0.05) is 37.1 Å². The number of hydrogen-bond acceptors (Lipinski definition) is 1. The zero-order valence-electron chi connectivity index (χ0n) is 13.6. The second-order valence-electron chi connectivity index (χ2n) is 8.33. The van der Waals surface area contributed by atoms with Crippen molar-refractivity contribution in [2.75, 3.05) is 0 Å². The Labute approximate surface area is 138 Å². The SMILES string of the molecule is C[C@]12CCC(=O)NC1=CC[C@@H]1[C@@H]2CC[C@]2(C)/C(=C/Cl)CC[C@@H]12. The normalized spacial score (nSPS) is 49.0. The van der Waals surface area contributed by atoms with Crippen LogP contribution < -0.4 is 5.32 Å². The molecule has 4 aliphatic rings. The molecule has 0 radical (unpaired) electrons. The minimum Gasteiger partial charge on any atom is -0.330 e. The molecule has 0 aromatic carbocycles. The Balaban J connectivity index is 1.70. The van der Waals surface area contributed by atoms with E-state index in [9.17, 15) is 4.79 Å². The topological polar surface area (TPSA) is 29.1 Å². The molecule has 1 saturated heterocycles. The van der Waals surface area contributed by atoms with E-state index in [2.05, 4.69) is 25.2 Å². The lowest BCUT2D eigenvalue weighted by molar-refractivity contribution is -0.124. The Morgan fingerprint density at radius 2 is 1.95 bits per heavy atom. The minimum atomic E-state index is 0.186. The number of rotatable bonds is 0. The lowest BCUT2D eigenvalue weighted by Crippen LogP contribution is -2.52. The Hall–Kier alpha value is -0.760. The highest BCUT2D eigenvalue weighted by Crippen LogP contribution is 2.65. The molecule has 3 heteroatoms. The van der Waals surface area contributed by atoms with E-state index < -0.39 is 0 Å². The van der Waals surface area contributed by atoms with Crippen LogP contribution in [0.4, 0.5) is 0 Å². The van der Waals surface area contributed by atoms with E-state index in [4.69, 9.17) is 11.6 Å². The smallest absolute Gasteiger partial charge is 0.224 e. The number of carbonyl (C=O) groups is 1. The van der Waals surface area contributed by atoms with E-state index in [1.807, 2.05) is 5.54 Å². The first-order chi connectivity index (χ1) is 10.5. The van der Waals surface area contributed by atoms with Crippen molar-refractivity contribution in [1.29, 1.82) is 0 Å². The lowest BCUT2D eigenvalue weighted by Gasteiger charge is -2.56. The van der Waals surface area contributed by atoms with E-state index in [0.29, 0.717) is 11.8 Å². The highest BCUT2D eigenvalue weighted by molar-refractivity contribution is 6.25. The Morgan fingerprint density at radius 1 is 1.18 bits per heavy atom. The zero-order valence-corrected chi connectivity index (χ0v) is 14.4. The first-order valence-electron chi connectivity index (χ1n) is 8.79. The van der Waals surface area contributed by atoms with Crippen LogP contribution in [0.25, 0.3) is 0 Å². The monoisotopic (exact) mass is 319 g/mol. The molecule has 2 nitrogen and oxygen atoms in total. The van der Waals surface area contributed by atoms with Gasteiger partial charge in [0.2, 0.25) is 5.91 Å². The average Bonchev–Trinajstić information content (AvgIpc) is 2.84. The van der Waals surface area contributed by atoms with Crippen molar-refractivity contribution >= 4 is 17.5 Å². The Morgan fingerprint density at radius 3 is 2.73 bits per heavy atom. The number of allylic oxidation sites excluding steroid dienone is 3. The van der Waals surface area contributed by atoms with Gasteiger partial charge in [-0.3, -0.25) is 4.79 Å². The number of piperidine rings is 1. The van der Waals surface area contributed by atoms with Crippen molar-refractivity contribution in [1.82, 2.24) is 5.32 Å². The van der Waals surface area contributed by atoms with Crippen LogP contribution in [0.1, 0.15) is 58.8 Å². The fourth-order valence-electron chi connectivity index (χ4n) is 6.22. The maximum Gasteiger partial charge on any atom is 0.224 e. The van der Waals surface area contributed by atoms with E-state index in [1.54, 1.807) is 0 Å². The summed E-state index contributed by atoms with van der Waals surface area (Å²) < 4.78 is 0. The third-order valence-corrected chi connectivity index (χ3v) is 7.85. The molecule has 5 atom stereocenters. The van der Waals surface area contributed by atoms with Crippen molar-refractivity contribution in [2.24, 2.45) is 28.6 Å². The standard InChI is InChI=1S/C19H26ClNO/c1-18-9-7-15-13(14(18)5-3-12(18)11-20)4-6-16-19(15,2)10-8-17(22)21-16/h6,11,13-15H,3-5,7-10H2,1-2H3,(H,21,22)/b12-11+/t13-,14-,15-,18+,19+/m0/s1. The zero-order chi connectivity index (χ0) is 15.5. The predicted molar refractivity (Wildman–Crippen MR) is 89.2 cm³/mol. The van der Waals surface area contributed by atoms with Crippen molar-refractivity contribution in [2.45, 2.75) is 58.8 Å². The number of amides is 1. The van der Waals surface area contributed by atoms with E-state index >= 15 is 0 Å². The van der Waals surface area contributed by atoms with Gasteiger partial charge in [-0.05, 0) is 61.7 Å². The summed E-state index contributed by atoms with van der Waals surface area (Å²) in [5.41, 5.74) is 5.08. The van der Waals surface area contributed by atoms with Crippen LogP contribution in [0.2, 0.25) is 0 Å². The summed E-state index contributed by atoms with van der Waals surface area (Å²) in [7, 11) is 0. The van der Waals surface area contributed by atoms with Gasteiger partial charge in [0.15, 0.2) is 0 Å². The molecule has 4 rings (SSSR count). The molecule has 0 aromatic rings. The first kappa shape index (κ1) is 14.8. The van der Waals surface area contributed by atoms with Gasteiger partial charge in [-0.15, -0.1) is 0 Å². The summed E-state index contributed by atoms with van der Waals surface area (Å²) in [4.78, 5) is 11.8. The summed E-state index contributed by atoms with van der Waals surface area (Å²) in [6.07, 6.45) is 10.2.